The molecule has 2 rings (SSSR count). The van der Waals surface area contributed by atoms with Crippen LogP contribution in [0, 0.1) is 6.92 Å². The highest BCUT2D eigenvalue weighted by atomic mass is 79.9. The Labute approximate surface area is 121 Å². The summed E-state index contributed by atoms with van der Waals surface area (Å²) >= 11 is 3.36. The third-order valence-electron chi connectivity index (χ3n) is 2.90. The molecular formula is C14H14BrNO2S. The molecular weight excluding hydrogens is 326 g/mol. The summed E-state index contributed by atoms with van der Waals surface area (Å²) < 4.78 is 25.5. The maximum absolute atomic E-state index is 12.4. The lowest BCUT2D eigenvalue weighted by atomic mass is 10.2. The predicted molar refractivity (Wildman–Crippen MR) is 80.6 cm³/mol. The molecule has 2 aromatic carbocycles. The first-order valence-electron chi connectivity index (χ1n) is 5.72. The molecule has 0 atom stereocenters. The van der Waals surface area contributed by atoms with Crippen LogP contribution in [0.1, 0.15) is 11.1 Å². The minimum atomic E-state index is -3.36. The van der Waals surface area contributed by atoms with E-state index in [0.717, 1.165) is 15.6 Å². The van der Waals surface area contributed by atoms with Crippen molar-refractivity contribution in [1.82, 2.24) is 0 Å². The fourth-order valence-corrected chi connectivity index (χ4v) is 3.82. The molecule has 0 aliphatic rings. The fourth-order valence-electron chi connectivity index (χ4n) is 1.75. The Morgan fingerprint density at radius 1 is 1.16 bits per heavy atom. The summed E-state index contributed by atoms with van der Waals surface area (Å²) in [7, 11) is -3.36. The minimum absolute atomic E-state index is 0.0300. The van der Waals surface area contributed by atoms with Crippen molar-refractivity contribution in [2.75, 3.05) is 5.73 Å². The number of rotatable bonds is 3. The summed E-state index contributed by atoms with van der Waals surface area (Å²) in [6.07, 6.45) is 0. The number of aryl methyl sites for hydroxylation is 1. The van der Waals surface area contributed by atoms with Gasteiger partial charge in [-0.1, -0.05) is 34.1 Å². The van der Waals surface area contributed by atoms with Gasteiger partial charge in [-0.3, -0.25) is 0 Å². The van der Waals surface area contributed by atoms with Crippen LogP contribution in [0.4, 0.5) is 5.69 Å². The van der Waals surface area contributed by atoms with Gasteiger partial charge in [-0.05, 0) is 42.3 Å². The molecule has 0 saturated heterocycles. The van der Waals surface area contributed by atoms with Crippen molar-refractivity contribution in [2.45, 2.75) is 17.6 Å². The molecule has 0 aliphatic carbocycles. The molecule has 3 nitrogen and oxygen atoms in total. The molecule has 0 spiro atoms. The van der Waals surface area contributed by atoms with E-state index in [9.17, 15) is 8.42 Å². The van der Waals surface area contributed by atoms with Crippen molar-refractivity contribution in [3.05, 3.63) is 58.1 Å². The average Bonchev–Trinajstić information content (AvgIpc) is 2.35. The molecule has 2 aromatic rings. The zero-order chi connectivity index (χ0) is 14.0. The van der Waals surface area contributed by atoms with Gasteiger partial charge in [-0.2, -0.15) is 0 Å². The van der Waals surface area contributed by atoms with E-state index in [1.165, 1.54) is 0 Å². The SMILES string of the molecule is Cc1cc(S(=O)(=O)Cc2ccccc2Br)ccc1N. The summed E-state index contributed by atoms with van der Waals surface area (Å²) in [4.78, 5) is 0.301. The molecule has 19 heavy (non-hydrogen) atoms. The normalized spacial score (nSPS) is 11.5. The topological polar surface area (TPSA) is 60.2 Å². The van der Waals surface area contributed by atoms with Crippen molar-refractivity contribution in [2.24, 2.45) is 0 Å². The summed E-state index contributed by atoms with van der Waals surface area (Å²) in [6, 6.07) is 12.1. The van der Waals surface area contributed by atoms with Gasteiger partial charge in [0.1, 0.15) is 0 Å². The molecule has 0 fully saturated rings. The first-order chi connectivity index (χ1) is 8.90. The van der Waals surface area contributed by atoms with E-state index in [2.05, 4.69) is 15.9 Å². The number of benzene rings is 2. The third kappa shape index (κ3) is 3.16. The fraction of sp³-hybridized carbons (Fsp3) is 0.143. The Balaban J connectivity index is 2.38. The van der Waals surface area contributed by atoms with E-state index < -0.39 is 9.84 Å². The molecule has 5 heteroatoms. The summed E-state index contributed by atoms with van der Waals surface area (Å²) in [6.45, 7) is 1.80. The Morgan fingerprint density at radius 3 is 2.47 bits per heavy atom. The van der Waals surface area contributed by atoms with E-state index >= 15 is 0 Å². The van der Waals surface area contributed by atoms with Gasteiger partial charge in [0.15, 0.2) is 9.84 Å². The Kier molecular flexibility index (Phi) is 3.96. The third-order valence-corrected chi connectivity index (χ3v) is 5.34. The van der Waals surface area contributed by atoms with Crippen LogP contribution in [0.2, 0.25) is 0 Å². The maximum atomic E-state index is 12.4. The zero-order valence-corrected chi connectivity index (χ0v) is 12.8. The molecule has 0 unspecified atom stereocenters. The average molecular weight is 340 g/mol. The number of nitrogens with two attached hydrogens (primary N) is 1. The summed E-state index contributed by atoms with van der Waals surface area (Å²) in [5.74, 6) is -0.0300. The van der Waals surface area contributed by atoms with Gasteiger partial charge in [0.2, 0.25) is 0 Å². The van der Waals surface area contributed by atoms with Crippen LogP contribution >= 0.6 is 15.9 Å². The molecule has 0 radical (unpaired) electrons. The second-order valence-electron chi connectivity index (χ2n) is 4.37. The van der Waals surface area contributed by atoms with Gasteiger partial charge in [0, 0.05) is 10.2 Å². The van der Waals surface area contributed by atoms with E-state index in [4.69, 9.17) is 5.73 Å². The number of nitrogen functional groups attached to an aromatic ring is 1. The van der Waals surface area contributed by atoms with Crippen molar-refractivity contribution in [3.63, 3.8) is 0 Å². The van der Waals surface area contributed by atoms with Crippen LogP contribution in [0.15, 0.2) is 51.8 Å². The highest BCUT2D eigenvalue weighted by Gasteiger charge is 2.17. The minimum Gasteiger partial charge on any atom is -0.399 e. The monoisotopic (exact) mass is 339 g/mol. The van der Waals surface area contributed by atoms with Crippen molar-refractivity contribution >= 4 is 31.5 Å². The smallest absolute Gasteiger partial charge is 0.182 e. The molecule has 0 aliphatic heterocycles. The molecule has 0 aromatic heterocycles. The Morgan fingerprint density at radius 2 is 1.84 bits per heavy atom. The summed E-state index contributed by atoms with van der Waals surface area (Å²) in [5.41, 5.74) is 7.82. The van der Waals surface area contributed by atoms with Crippen LogP contribution in [-0.4, -0.2) is 8.42 Å². The molecule has 0 heterocycles. The largest absolute Gasteiger partial charge is 0.399 e. The van der Waals surface area contributed by atoms with Crippen LogP contribution in [0.5, 0.6) is 0 Å². The molecule has 0 amide bonds. The molecule has 2 N–H and O–H groups in total. The quantitative estimate of drug-likeness (QED) is 0.872. The van der Waals surface area contributed by atoms with Gasteiger partial charge in [-0.25, -0.2) is 8.42 Å². The van der Waals surface area contributed by atoms with Crippen molar-refractivity contribution < 1.29 is 8.42 Å². The van der Waals surface area contributed by atoms with Crippen LogP contribution in [-0.2, 0) is 15.6 Å². The van der Waals surface area contributed by atoms with Crippen molar-refractivity contribution in [3.8, 4) is 0 Å². The number of anilines is 1. The second kappa shape index (κ2) is 5.35. The lowest BCUT2D eigenvalue weighted by Gasteiger charge is -2.08. The standard InChI is InChI=1S/C14H14BrNO2S/c1-10-8-12(6-7-14(10)16)19(17,18)9-11-4-2-3-5-13(11)15/h2-8H,9,16H2,1H3. The summed E-state index contributed by atoms with van der Waals surface area (Å²) in [5, 5.41) is 0. The first-order valence-corrected chi connectivity index (χ1v) is 8.17. The van der Waals surface area contributed by atoms with E-state index in [1.807, 2.05) is 18.2 Å². The number of sulfone groups is 1. The van der Waals surface area contributed by atoms with Gasteiger partial charge in [0.05, 0.1) is 10.6 Å². The van der Waals surface area contributed by atoms with E-state index in [0.29, 0.717) is 10.6 Å². The highest BCUT2D eigenvalue weighted by Crippen LogP contribution is 2.24. The van der Waals surface area contributed by atoms with E-state index in [-0.39, 0.29) is 5.75 Å². The zero-order valence-electron chi connectivity index (χ0n) is 10.4. The number of hydrogen-bond donors (Lipinski definition) is 1. The van der Waals surface area contributed by atoms with Crippen LogP contribution in [0.25, 0.3) is 0 Å². The highest BCUT2D eigenvalue weighted by molar-refractivity contribution is 9.10. The predicted octanol–water partition coefficient (Wildman–Crippen LogP) is 3.31. The Hall–Kier alpha value is -1.33. The van der Waals surface area contributed by atoms with Gasteiger partial charge in [0.25, 0.3) is 0 Å². The van der Waals surface area contributed by atoms with Crippen LogP contribution in [0.3, 0.4) is 0 Å². The first kappa shape index (κ1) is 14.1. The Bertz CT molecular complexity index is 711. The lowest BCUT2D eigenvalue weighted by molar-refractivity contribution is 0.595. The molecule has 0 bridgehead atoms. The molecule has 0 saturated carbocycles. The second-order valence-corrected chi connectivity index (χ2v) is 7.21. The number of halogens is 1. The number of hydrogen-bond acceptors (Lipinski definition) is 3. The van der Waals surface area contributed by atoms with Crippen LogP contribution < -0.4 is 5.73 Å². The van der Waals surface area contributed by atoms with Gasteiger partial charge >= 0.3 is 0 Å². The molecule has 100 valence electrons. The van der Waals surface area contributed by atoms with Crippen molar-refractivity contribution in [1.29, 1.82) is 0 Å². The lowest BCUT2D eigenvalue weighted by Crippen LogP contribution is -2.06. The van der Waals surface area contributed by atoms with Gasteiger partial charge < -0.3 is 5.73 Å². The van der Waals surface area contributed by atoms with Gasteiger partial charge in [-0.15, -0.1) is 0 Å². The van der Waals surface area contributed by atoms with E-state index in [1.54, 1.807) is 31.2 Å². The maximum Gasteiger partial charge on any atom is 0.182 e.